The highest BCUT2D eigenvalue weighted by Gasteiger charge is 2.40. The Balaban J connectivity index is 2.18. The summed E-state index contributed by atoms with van der Waals surface area (Å²) in [6.45, 7) is 3.20. The molecular weight excluding hydrogens is 236 g/mol. The van der Waals surface area contributed by atoms with Crippen LogP contribution in [0, 0.1) is 6.92 Å². The van der Waals surface area contributed by atoms with Crippen LogP contribution in [0.3, 0.4) is 0 Å². The smallest absolute Gasteiger partial charge is 0.0702 e. The van der Waals surface area contributed by atoms with Gasteiger partial charge in [0.15, 0.2) is 0 Å². The average molecular weight is 262 g/mol. The highest BCUT2D eigenvalue weighted by Crippen LogP contribution is 2.37. The second-order valence-electron chi connectivity index (χ2n) is 6.12. The van der Waals surface area contributed by atoms with Gasteiger partial charge in [-0.15, -0.1) is 0 Å². The molecule has 0 spiro atoms. The molecule has 1 saturated carbocycles. The number of hydrogen-bond donors (Lipinski definition) is 1. The number of aliphatic hydroxyl groups excluding tert-OH is 1. The quantitative estimate of drug-likeness (QED) is 0.883. The normalized spacial score (nSPS) is 17.4. The van der Waals surface area contributed by atoms with Gasteiger partial charge in [-0.05, 0) is 46.3 Å². The van der Waals surface area contributed by atoms with Crippen molar-refractivity contribution >= 4 is 5.69 Å². The van der Waals surface area contributed by atoms with Crippen LogP contribution in [0.25, 0.3) is 0 Å². The average Bonchev–Trinajstić information content (AvgIpc) is 2.32. The molecule has 0 amide bonds. The summed E-state index contributed by atoms with van der Waals surface area (Å²) in [6, 6.07) is 6.33. The third-order valence-electron chi connectivity index (χ3n) is 4.58. The molecule has 2 rings (SSSR count). The van der Waals surface area contributed by atoms with E-state index >= 15 is 0 Å². The molecule has 0 unspecified atom stereocenters. The van der Waals surface area contributed by atoms with E-state index in [4.69, 9.17) is 0 Å². The molecule has 1 aromatic rings. The maximum atomic E-state index is 9.53. The molecule has 0 radical (unpaired) electrons. The first-order chi connectivity index (χ1) is 8.98. The molecule has 0 aliphatic heterocycles. The highest BCUT2D eigenvalue weighted by molar-refractivity contribution is 5.54. The molecule has 1 aliphatic rings. The second-order valence-corrected chi connectivity index (χ2v) is 6.12. The van der Waals surface area contributed by atoms with Crippen molar-refractivity contribution in [2.24, 2.45) is 0 Å². The zero-order chi connectivity index (χ0) is 14.0. The molecule has 106 valence electrons. The maximum Gasteiger partial charge on any atom is 0.0702 e. The van der Waals surface area contributed by atoms with Crippen LogP contribution < -0.4 is 4.90 Å². The molecule has 1 N–H and O–H groups in total. The third-order valence-corrected chi connectivity index (χ3v) is 4.58. The van der Waals surface area contributed by atoms with E-state index in [0.717, 1.165) is 17.8 Å². The Labute approximate surface area is 116 Å². The van der Waals surface area contributed by atoms with Gasteiger partial charge in [0.05, 0.1) is 6.61 Å². The van der Waals surface area contributed by atoms with Gasteiger partial charge in [-0.2, -0.15) is 0 Å². The number of nitrogens with zero attached hydrogens (tertiary/aromatic N) is 2. The summed E-state index contributed by atoms with van der Waals surface area (Å²) in [5.41, 5.74) is 3.69. The fourth-order valence-electron chi connectivity index (χ4n) is 3.07. The van der Waals surface area contributed by atoms with E-state index in [9.17, 15) is 5.11 Å². The van der Waals surface area contributed by atoms with Crippen LogP contribution in [-0.2, 0) is 6.61 Å². The van der Waals surface area contributed by atoms with Crippen LogP contribution in [0.2, 0.25) is 0 Å². The Morgan fingerprint density at radius 2 is 1.89 bits per heavy atom. The van der Waals surface area contributed by atoms with Crippen LogP contribution in [0.4, 0.5) is 5.69 Å². The first-order valence-corrected chi connectivity index (χ1v) is 7.07. The van der Waals surface area contributed by atoms with Crippen LogP contribution in [0.1, 0.15) is 30.4 Å². The van der Waals surface area contributed by atoms with Gasteiger partial charge in [-0.3, -0.25) is 0 Å². The molecule has 0 bridgehead atoms. The summed E-state index contributed by atoms with van der Waals surface area (Å²) in [6.07, 6.45) is 3.86. The van der Waals surface area contributed by atoms with E-state index in [1.54, 1.807) is 0 Å². The van der Waals surface area contributed by atoms with E-state index in [1.807, 2.05) is 0 Å². The Morgan fingerprint density at radius 3 is 2.37 bits per heavy atom. The number of aryl methyl sites for hydroxylation is 1. The highest BCUT2D eigenvalue weighted by atomic mass is 16.3. The van der Waals surface area contributed by atoms with Crippen LogP contribution in [0.5, 0.6) is 0 Å². The Kier molecular flexibility index (Phi) is 4.16. The lowest BCUT2D eigenvalue weighted by Gasteiger charge is -2.49. The minimum atomic E-state index is 0.107. The molecule has 3 heteroatoms. The monoisotopic (exact) mass is 262 g/mol. The van der Waals surface area contributed by atoms with E-state index in [0.29, 0.717) is 5.54 Å². The van der Waals surface area contributed by atoms with Crippen LogP contribution in [-0.4, -0.2) is 43.2 Å². The minimum Gasteiger partial charge on any atom is -0.392 e. The summed E-state index contributed by atoms with van der Waals surface area (Å²) in [4.78, 5) is 4.66. The van der Waals surface area contributed by atoms with Gasteiger partial charge in [0.1, 0.15) is 0 Å². The van der Waals surface area contributed by atoms with E-state index in [-0.39, 0.29) is 6.61 Å². The van der Waals surface area contributed by atoms with Gasteiger partial charge in [0, 0.05) is 30.4 Å². The molecule has 1 aromatic carbocycles. The summed E-state index contributed by atoms with van der Waals surface area (Å²) in [5, 5.41) is 9.53. The topological polar surface area (TPSA) is 26.7 Å². The van der Waals surface area contributed by atoms with E-state index in [2.05, 4.69) is 56.1 Å². The fraction of sp³-hybridized carbons (Fsp3) is 0.625. The Bertz CT molecular complexity index is 438. The summed E-state index contributed by atoms with van der Waals surface area (Å²) in [7, 11) is 6.48. The van der Waals surface area contributed by atoms with Gasteiger partial charge in [0.25, 0.3) is 0 Å². The predicted octanol–water partition coefficient (Wildman–Crippen LogP) is 2.41. The van der Waals surface area contributed by atoms with Crippen molar-refractivity contribution in [2.45, 2.75) is 38.3 Å². The van der Waals surface area contributed by atoms with Crippen LogP contribution in [0.15, 0.2) is 18.2 Å². The molecule has 19 heavy (non-hydrogen) atoms. The molecular formula is C16H26N2O. The van der Waals surface area contributed by atoms with Gasteiger partial charge in [0.2, 0.25) is 0 Å². The fourth-order valence-corrected chi connectivity index (χ4v) is 3.07. The van der Waals surface area contributed by atoms with Crippen molar-refractivity contribution < 1.29 is 5.11 Å². The van der Waals surface area contributed by atoms with Crippen molar-refractivity contribution in [2.75, 3.05) is 32.6 Å². The van der Waals surface area contributed by atoms with Gasteiger partial charge < -0.3 is 14.9 Å². The van der Waals surface area contributed by atoms with Crippen molar-refractivity contribution in [3.63, 3.8) is 0 Å². The summed E-state index contributed by atoms with van der Waals surface area (Å²) in [5.74, 6) is 0. The first kappa shape index (κ1) is 14.4. The Hall–Kier alpha value is -1.06. The summed E-state index contributed by atoms with van der Waals surface area (Å²) >= 11 is 0. The largest absolute Gasteiger partial charge is 0.392 e. The van der Waals surface area contributed by atoms with Gasteiger partial charge >= 0.3 is 0 Å². The van der Waals surface area contributed by atoms with Gasteiger partial charge in [-0.1, -0.05) is 17.7 Å². The molecule has 1 aliphatic carbocycles. The molecule has 0 saturated heterocycles. The standard InChI is InChI=1S/C16H26N2O/c1-13-6-7-15(14(10-13)11-19)18(4)12-16(17(2)3)8-5-9-16/h6-7,10,19H,5,8-9,11-12H2,1-4H3. The third kappa shape index (κ3) is 2.77. The first-order valence-electron chi connectivity index (χ1n) is 7.07. The molecule has 1 fully saturated rings. The zero-order valence-electron chi connectivity index (χ0n) is 12.6. The molecule has 0 heterocycles. The minimum absolute atomic E-state index is 0.107. The summed E-state index contributed by atoms with van der Waals surface area (Å²) < 4.78 is 0. The van der Waals surface area contributed by atoms with Crippen molar-refractivity contribution in [1.82, 2.24) is 4.90 Å². The van der Waals surface area contributed by atoms with Crippen molar-refractivity contribution in [1.29, 1.82) is 0 Å². The zero-order valence-corrected chi connectivity index (χ0v) is 12.6. The molecule has 3 nitrogen and oxygen atoms in total. The number of rotatable bonds is 5. The lowest BCUT2D eigenvalue weighted by atomic mass is 9.75. The van der Waals surface area contributed by atoms with E-state index < -0.39 is 0 Å². The maximum absolute atomic E-state index is 9.53. The molecule has 0 aromatic heterocycles. The van der Waals surface area contributed by atoms with Gasteiger partial charge in [-0.25, -0.2) is 0 Å². The lowest BCUT2D eigenvalue weighted by molar-refractivity contribution is 0.0682. The van der Waals surface area contributed by atoms with E-state index in [1.165, 1.54) is 24.8 Å². The SMILES string of the molecule is Cc1ccc(N(C)CC2(N(C)C)CCC2)c(CO)c1. The number of hydrogen-bond acceptors (Lipinski definition) is 3. The molecule has 0 atom stereocenters. The Morgan fingerprint density at radius 1 is 1.21 bits per heavy atom. The number of benzene rings is 1. The van der Waals surface area contributed by atoms with Crippen molar-refractivity contribution in [3.8, 4) is 0 Å². The predicted molar refractivity (Wildman–Crippen MR) is 80.6 cm³/mol. The number of anilines is 1. The second kappa shape index (κ2) is 5.51. The van der Waals surface area contributed by atoms with Crippen molar-refractivity contribution in [3.05, 3.63) is 29.3 Å². The number of aliphatic hydroxyl groups is 1. The van der Waals surface area contributed by atoms with Crippen LogP contribution >= 0.6 is 0 Å². The lowest BCUT2D eigenvalue weighted by Crippen LogP contribution is -2.56. The number of likely N-dealkylation sites (N-methyl/N-ethyl adjacent to an activating group) is 2.